The van der Waals surface area contributed by atoms with E-state index in [0.29, 0.717) is 0 Å². The van der Waals surface area contributed by atoms with Gasteiger partial charge in [-0.25, -0.2) is 5.43 Å². The van der Waals surface area contributed by atoms with E-state index >= 15 is 0 Å². The maximum Gasteiger partial charge on any atom is 0.206 e. The van der Waals surface area contributed by atoms with Gasteiger partial charge in [0.15, 0.2) is 0 Å². The molecule has 0 radical (unpaired) electrons. The van der Waals surface area contributed by atoms with Crippen LogP contribution in [0, 0.1) is 0 Å². The standard InChI is InChI=1S/C6H14N6/c1-2-8-5(7-1)11-12-6-9-3-4-10-6/h5,7-8,11H,1-4H2,(H2,9,10,12). The van der Waals surface area contributed by atoms with Gasteiger partial charge in [-0.05, 0) is 0 Å². The third-order valence-corrected chi connectivity index (χ3v) is 1.83. The van der Waals surface area contributed by atoms with Crippen LogP contribution in [-0.4, -0.2) is 38.4 Å². The van der Waals surface area contributed by atoms with Crippen molar-refractivity contribution in [2.24, 2.45) is 4.99 Å². The lowest BCUT2D eigenvalue weighted by Gasteiger charge is -2.14. The first-order valence-corrected chi connectivity index (χ1v) is 4.22. The van der Waals surface area contributed by atoms with Crippen molar-refractivity contribution in [2.45, 2.75) is 6.29 Å². The Balaban J connectivity index is 1.67. The van der Waals surface area contributed by atoms with Crippen molar-refractivity contribution in [3.05, 3.63) is 0 Å². The zero-order valence-electron chi connectivity index (χ0n) is 6.85. The summed E-state index contributed by atoms with van der Waals surface area (Å²) in [5, 5.41) is 9.53. The fourth-order valence-electron chi connectivity index (χ4n) is 1.23. The summed E-state index contributed by atoms with van der Waals surface area (Å²) >= 11 is 0. The molecule has 0 aromatic heterocycles. The van der Waals surface area contributed by atoms with Crippen molar-refractivity contribution in [3.63, 3.8) is 0 Å². The molecule has 0 aliphatic carbocycles. The molecule has 2 heterocycles. The minimum Gasteiger partial charge on any atom is -0.353 e. The lowest BCUT2D eigenvalue weighted by Crippen LogP contribution is -2.55. The van der Waals surface area contributed by atoms with Crippen molar-refractivity contribution in [2.75, 3.05) is 26.2 Å². The Kier molecular flexibility index (Phi) is 2.40. The molecule has 0 spiro atoms. The van der Waals surface area contributed by atoms with Gasteiger partial charge in [0.25, 0.3) is 0 Å². The number of rotatable bonds is 2. The summed E-state index contributed by atoms with van der Waals surface area (Å²) in [6.07, 6.45) is 0.148. The Hall–Kier alpha value is -0.850. The van der Waals surface area contributed by atoms with Gasteiger partial charge in [0.2, 0.25) is 5.96 Å². The van der Waals surface area contributed by atoms with E-state index in [-0.39, 0.29) is 6.29 Å². The quantitative estimate of drug-likeness (QED) is 0.297. The molecule has 0 aromatic rings. The molecule has 6 heteroatoms. The van der Waals surface area contributed by atoms with Crippen LogP contribution in [0.1, 0.15) is 0 Å². The van der Waals surface area contributed by atoms with Gasteiger partial charge in [-0.3, -0.25) is 21.1 Å². The van der Waals surface area contributed by atoms with Gasteiger partial charge in [-0.15, -0.1) is 0 Å². The highest BCUT2D eigenvalue weighted by Gasteiger charge is 2.12. The highest BCUT2D eigenvalue weighted by Crippen LogP contribution is 1.81. The van der Waals surface area contributed by atoms with Crippen LogP contribution in [0.2, 0.25) is 0 Å². The second-order valence-corrected chi connectivity index (χ2v) is 2.77. The van der Waals surface area contributed by atoms with Crippen LogP contribution in [0.15, 0.2) is 4.99 Å². The summed E-state index contributed by atoms with van der Waals surface area (Å²) in [5.41, 5.74) is 6.05. The van der Waals surface area contributed by atoms with Crippen LogP contribution in [0.5, 0.6) is 0 Å². The number of guanidine groups is 1. The number of hydrogen-bond donors (Lipinski definition) is 5. The monoisotopic (exact) mass is 170 g/mol. The van der Waals surface area contributed by atoms with Crippen LogP contribution in [0.4, 0.5) is 0 Å². The van der Waals surface area contributed by atoms with E-state index in [1.54, 1.807) is 0 Å². The molecule has 2 aliphatic rings. The van der Waals surface area contributed by atoms with Gasteiger partial charge >= 0.3 is 0 Å². The SMILES string of the molecule is C1CNC(NNC2NCCN2)=N1. The molecule has 0 amide bonds. The predicted molar refractivity (Wildman–Crippen MR) is 46.4 cm³/mol. The van der Waals surface area contributed by atoms with Crippen molar-refractivity contribution in [1.82, 2.24) is 26.8 Å². The fraction of sp³-hybridized carbons (Fsp3) is 0.833. The molecule has 12 heavy (non-hydrogen) atoms. The highest BCUT2D eigenvalue weighted by atomic mass is 15.5. The number of hydrazine groups is 1. The second kappa shape index (κ2) is 3.70. The lowest BCUT2D eigenvalue weighted by molar-refractivity contribution is 0.422. The molecule has 2 aliphatic heterocycles. The Morgan fingerprint density at radius 3 is 2.75 bits per heavy atom. The van der Waals surface area contributed by atoms with E-state index in [1.807, 2.05) is 0 Å². The summed E-state index contributed by atoms with van der Waals surface area (Å²) in [5.74, 6) is 0.825. The van der Waals surface area contributed by atoms with Crippen LogP contribution in [0.3, 0.4) is 0 Å². The van der Waals surface area contributed by atoms with E-state index in [9.17, 15) is 0 Å². The van der Waals surface area contributed by atoms with Crippen LogP contribution >= 0.6 is 0 Å². The van der Waals surface area contributed by atoms with E-state index in [2.05, 4.69) is 31.8 Å². The largest absolute Gasteiger partial charge is 0.353 e. The molecule has 2 rings (SSSR count). The lowest BCUT2D eigenvalue weighted by atomic mass is 10.7. The maximum atomic E-state index is 4.17. The molecule has 5 N–H and O–H groups in total. The summed E-state index contributed by atoms with van der Waals surface area (Å²) in [6, 6.07) is 0. The Morgan fingerprint density at radius 1 is 1.25 bits per heavy atom. The molecular formula is C6H14N6. The minimum atomic E-state index is 0.148. The highest BCUT2D eigenvalue weighted by molar-refractivity contribution is 5.80. The van der Waals surface area contributed by atoms with Crippen molar-refractivity contribution in [3.8, 4) is 0 Å². The first kappa shape index (κ1) is 7.78. The van der Waals surface area contributed by atoms with Crippen LogP contribution in [-0.2, 0) is 0 Å². The molecule has 0 unspecified atom stereocenters. The average Bonchev–Trinajstić information content (AvgIpc) is 2.74. The van der Waals surface area contributed by atoms with Crippen molar-refractivity contribution in [1.29, 1.82) is 0 Å². The van der Waals surface area contributed by atoms with Gasteiger partial charge in [-0.1, -0.05) is 0 Å². The molecule has 0 saturated carbocycles. The van der Waals surface area contributed by atoms with E-state index in [1.165, 1.54) is 0 Å². The zero-order chi connectivity index (χ0) is 8.23. The van der Waals surface area contributed by atoms with Gasteiger partial charge in [0.1, 0.15) is 6.29 Å². The van der Waals surface area contributed by atoms with E-state index in [0.717, 1.165) is 32.1 Å². The summed E-state index contributed by atoms with van der Waals surface area (Å²) in [7, 11) is 0. The molecule has 68 valence electrons. The first-order valence-electron chi connectivity index (χ1n) is 4.22. The number of aliphatic imine (C=N–C) groups is 1. The topological polar surface area (TPSA) is 72.5 Å². The number of nitrogens with one attached hydrogen (secondary N) is 5. The van der Waals surface area contributed by atoms with E-state index < -0.39 is 0 Å². The second-order valence-electron chi connectivity index (χ2n) is 2.77. The molecule has 6 nitrogen and oxygen atoms in total. The first-order chi connectivity index (χ1) is 5.95. The molecule has 0 atom stereocenters. The Bertz CT molecular complexity index is 173. The van der Waals surface area contributed by atoms with Gasteiger partial charge < -0.3 is 5.32 Å². The summed E-state index contributed by atoms with van der Waals surface area (Å²) in [6.45, 7) is 3.78. The summed E-state index contributed by atoms with van der Waals surface area (Å²) < 4.78 is 0. The smallest absolute Gasteiger partial charge is 0.206 e. The molecule has 0 aromatic carbocycles. The fourth-order valence-corrected chi connectivity index (χ4v) is 1.23. The molecular weight excluding hydrogens is 156 g/mol. The van der Waals surface area contributed by atoms with Gasteiger partial charge in [-0.2, -0.15) is 0 Å². The van der Waals surface area contributed by atoms with Crippen molar-refractivity contribution < 1.29 is 0 Å². The Labute approximate surface area is 71.2 Å². The summed E-state index contributed by atoms with van der Waals surface area (Å²) in [4.78, 5) is 4.17. The average molecular weight is 170 g/mol. The number of nitrogens with zero attached hydrogens (tertiary/aromatic N) is 1. The van der Waals surface area contributed by atoms with Gasteiger partial charge in [0, 0.05) is 19.6 Å². The molecule has 1 fully saturated rings. The van der Waals surface area contributed by atoms with Crippen LogP contribution < -0.4 is 26.8 Å². The normalized spacial score (nSPS) is 23.8. The third-order valence-electron chi connectivity index (χ3n) is 1.83. The minimum absolute atomic E-state index is 0.148. The zero-order valence-corrected chi connectivity index (χ0v) is 6.85. The molecule has 1 saturated heterocycles. The predicted octanol–water partition coefficient (Wildman–Crippen LogP) is -2.48. The van der Waals surface area contributed by atoms with Crippen LogP contribution in [0.25, 0.3) is 0 Å². The van der Waals surface area contributed by atoms with Crippen molar-refractivity contribution >= 4 is 5.96 Å². The number of hydrogen-bond acceptors (Lipinski definition) is 6. The molecule has 0 bridgehead atoms. The van der Waals surface area contributed by atoms with Gasteiger partial charge in [0.05, 0.1) is 6.54 Å². The third kappa shape index (κ3) is 1.84. The van der Waals surface area contributed by atoms with E-state index in [4.69, 9.17) is 0 Å². The Morgan fingerprint density at radius 2 is 2.08 bits per heavy atom. The maximum absolute atomic E-state index is 4.17.